The second kappa shape index (κ2) is 8.53. The summed E-state index contributed by atoms with van der Waals surface area (Å²) in [5, 5.41) is 11.9. The van der Waals surface area contributed by atoms with Gasteiger partial charge in [0.25, 0.3) is 0 Å². The van der Waals surface area contributed by atoms with Crippen LogP contribution in [0.3, 0.4) is 0 Å². The molecule has 4 nitrogen and oxygen atoms in total. The van der Waals surface area contributed by atoms with Crippen LogP contribution in [0.4, 0.5) is 0 Å². The number of ether oxygens (including phenoxy) is 1. The minimum atomic E-state index is -0.850. The molecule has 2 unspecified atom stereocenters. The molecule has 0 bridgehead atoms. The molecule has 2 atom stereocenters. The Morgan fingerprint density at radius 1 is 1.31 bits per heavy atom. The van der Waals surface area contributed by atoms with Gasteiger partial charge in [-0.1, -0.05) is 34.1 Å². The van der Waals surface area contributed by atoms with Crippen LogP contribution in [0, 0.1) is 5.92 Å². The van der Waals surface area contributed by atoms with Gasteiger partial charge in [-0.25, -0.2) is 0 Å². The summed E-state index contributed by atoms with van der Waals surface area (Å²) >= 11 is 0. The number of hydrogen-bond donors (Lipinski definition) is 2. The van der Waals surface area contributed by atoms with E-state index in [0.717, 1.165) is 12.8 Å². The highest BCUT2D eigenvalue weighted by molar-refractivity contribution is 5.73. The summed E-state index contributed by atoms with van der Waals surface area (Å²) in [7, 11) is 0. The van der Waals surface area contributed by atoms with Gasteiger partial charge in [-0.2, -0.15) is 0 Å². The first-order valence-corrected chi connectivity index (χ1v) is 6.04. The van der Waals surface area contributed by atoms with E-state index in [1.54, 1.807) is 0 Å². The third-order valence-electron chi connectivity index (χ3n) is 2.30. The van der Waals surface area contributed by atoms with Gasteiger partial charge in [0.2, 0.25) is 0 Å². The van der Waals surface area contributed by atoms with Crippen LogP contribution in [0.5, 0.6) is 0 Å². The van der Waals surface area contributed by atoms with Gasteiger partial charge in [-0.05, 0) is 12.3 Å². The van der Waals surface area contributed by atoms with E-state index in [-0.39, 0.29) is 12.6 Å². The minimum absolute atomic E-state index is 0.151. The zero-order chi connectivity index (χ0) is 12.6. The maximum Gasteiger partial charge on any atom is 0.323 e. The van der Waals surface area contributed by atoms with Crippen molar-refractivity contribution < 1.29 is 14.6 Å². The van der Waals surface area contributed by atoms with Gasteiger partial charge < -0.3 is 15.2 Å². The van der Waals surface area contributed by atoms with Crippen molar-refractivity contribution in [1.82, 2.24) is 5.32 Å². The molecule has 0 amide bonds. The fraction of sp³-hybridized carbons (Fsp3) is 0.917. The monoisotopic (exact) mass is 231 g/mol. The van der Waals surface area contributed by atoms with Crippen LogP contribution < -0.4 is 5.32 Å². The molecule has 0 aliphatic rings. The number of hydrogen-bond acceptors (Lipinski definition) is 3. The van der Waals surface area contributed by atoms with Crippen molar-refractivity contribution in [2.45, 2.75) is 52.6 Å². The van der Waals surface area contributed by atoms with Crippen LogP contribution >= 0.6 is 0 Å². The lowest BCUT2D eigenvalue weighted by atomic mass is 10.1. The number of carboxylic acid groups (broad SMARTS) is 1. The van der Waals surface area contributed by atoms with Crippen molar-refractivity contribution in [1.29, 1.82) is 0 Å². The van der Waals surface area contributed by atoms with E-state index in [4.69, 9.17) is 9.84 Å². The molecule has 4 heteroatoms. The molecule has 0 fully saturated rings. The summed E-state index contributed by atoms with van der Waals surface area (Å²) in [6.07, 6.45) is 2.26. The van der Waals surface area contributed by atoms with E-state index in [1.807, 2.05) is 13.8 Å². The zero-order valence-electron chi connectivity index (χ0n) is 10.8. The summed E-state index contributed by atoms with van der Waals surface area (Å²) in [6, 6.07) is -0.452. The van der Waals surface area contributed by atoms with Crippen LogP contribution in [0.1, 0.15) is 40.5 Å². The van der Waals surface area contributed by atoms with Crippen LogP contribution in [0.2, 0.25) is 0 Å². The Bertz CT molecular complexity index is 195. The molecule has 0 radical (unpaired) electrons. The minimum Gasteiger partial charge on any atom is -0.480 e. The summed E-state index contributed by atoms with van der Waals surface area (Å²) in [5.41, 5.74) is 0. The first kappa shape index (κ1) is 15.4. The maximum atomic E-state index is 10.9. The van der Waals surface area contributed by atoms with Crippen molar-refractivity contribution in [3.8, 4) is 0 Å². The largest absolute Gasteiger partial charge is 0.480 e. The fourth-order valence-electron chi connectivity index (χ4n) is 1.56. The predicted molar refractivity (Wildman–Crippen MR) is 64.6 cm³/mol. The van der Waals surface area contributed by atoms with E-state index >= 15 is 0 Å². The Kier molecular flexibility index (Phi) is 8.21. The zero-order valence-corrected chi connectivity index (χ0v) is 10.8. The van der Waals surface area contributed by atoms with Crippen LogP contribution in [0.15, 0.2) is 0 Å². The quantitative estimate of drug-likeness (QED) is 0.636. The molecule has 0 aromatic rings. The van der Waals surface area contributed by atoms with Gasteiger partial charge in [0.05, 0.1) is 6.61 Å². The summed E-state index contributed by atoms with van der Waals surface area (Å²) < 4.78 is 5.43. The number of rotatable bonds is 9. The normalized spacial score (nSPS) is 15.1. The average Bonchev–Trinajstić information content (AvgIpc) is 2.15. The van der Waals surface area contributed by atoms with Gasteiger partial charge in [0.1, 0.15) is 6.04 Å². The number of aliphatic carboxylic acids is 1. The Hall–Kier alpha value is -0.610. The third-order valence-corrected chi connectivity index (χ3v) is 2.30. The van der Waals surface area contributed by atoms with Crippen molar-refractivity contribution in [3.63, 3.8) is 0 Å². The number of carboxylic acids is 1. The lowest BCUT2D eigenvalue weighted by Crippen LogP contribution is -2.44. The van der Waals surface area contributed by atoms with Crippen molar-refractivity contribution in [2.75, 3.05) is 13.2 Å². The van der Waals surface area contributed by atoms with Crippen molar-refractivity contribution in [3.05, 3.63) is 0 Å². The average molecular weight is 231 g/mol. The molecule has 96 valence electrons. The standard InChI is InChI=1S/C12H25NO3/c1-5-6-10(4)7-16-8-11(12(14)15)13-9(2)3/h9-11,13H,5-8H2,1-4H3,(H,14,15). The van der Waals surface area contributed by atoms with Crippen molar-refractivity contribution in [2.24, 2.45) is 5.92 Å². The molecule has 0 aliphatic heterocycles. The second-order valence-electron chi connectivity index (χ2n) is 4.64. The molecule has 0 rings (SSSR count). The number of carbonyl (C=O) groups is 1. The van der Waals surface area contributed by atoms with Crippen molar-refractivity contribution >= 4 is 5.97 Å². The topological polar surface area (TPSA) is 58.6 Å². The summed E-state index contributed by atoms with van der Waals surface area (Å²) in [6.45, 7) is 8.98. The Balaban J connectivity index is 3.80. The Morgan fingerprint density at radius 3 is 2.38 bits per heavy atom. The molecule has 16 heavy (non-hydrogen) atoms. The smallest absolute Gasteiger partial charge is 0.323 e. The fourth-order valence-corrected chi connectivity index (χ4v) is 1.56. The molecule has 0 spiro atoms. The summed E-state index contributed by atoms with van der Waals surface area (Å²) in [4.78, 5) is 10.9. The van der Waals surface area contributed by atoms with Gasteiger partial charge >= 0.3 is 5.97 Å². The maximum absolute atomic E-state index is 10.9. The lowest BCUT2D eigenvalue weighted by Gasteiger charge is -2.18. The predicted octanol–water partition coefficient (Wildman–Crippen LogP) is 1.89. The highest BCUT2D eigenvalue weighted by atomic mass is 16.5. The molecule has 0 heterocycles. The molecule has 0 aliphatic carbocycles. The first-order chi connectivity index (χ1) is 7.47. The molecule has 0 saturated carbocycles. The van der Waals surface area contributed by atoms with Gasteiger partial charge in [-0.3, -0.25) is 4.79 Å². The van der Waals surface area contributed by atoms with E-state index in [2.05, 4.69) is 19.2 Å². The lowest BCUT2D eigenvalue weighted by molar-refractivity contribution is -0.141. The Morgan fingerprint density at radius 2 is 1.94 bits per heavy atom. The van der Waals surface area contributed by atoms with E-state index < -0.39 is 12.0 Å². The number of nitrogens with one attached hydrogen (secondary N) is 1. The van der Waals surface area contributed by atoms with Crippen LogP contribution in [-0.4, -0.2) is 36.4 Å². The van der Waals surface area contributed by atoms with Gasteiger partial charge in [0.15, 0.2) is 0 Å². The summed E-state index contributed by atoms with van der Waals surface area (Å²) in [5.74, 6) is -0.352. The SMILES string of the molecule is CCCC(C)COCC(NC(C)C)C(=O)O. The van der Waals surface area contributed by atoms with E-state index in [1.165, 1.54) is 0 Å². The van der Waals surface area contributed by atoms with E-state index in [0.29, 0.717) is 12.5 Å². The van der Waals surface area contributed by atoms with E-state index in [9.17, 15) is 4.79 Å². The third kappa shape index (κ3) is 7.65. The van der Waals surface area contributed by atoms with Gasteiger partial charge in [-0.15, -0.1) is 0 Å². The molecular formula is C12H25NO3. The molecule has 0 saturated heterocycles. The second-order valence-corrected chi connectivity index (χ2v) is 4.64. The van der Waals surface area contributed by atoms with Crippen LogP contribution in [-0.2, 0) is 9.53 Å². The first-order valence-electron chi connectivity index (χ1n) is 6.04. The van der Waals surface area contributed by atoms with Gasteiger partial charge in [0, 0.05) is 12.6 Å². The highest BCUT2D eigenvalue weighted by Gasteiger charge is 2.18. The molecular weight excluding hydrogens is 206 g/mol. The Labute approximate surface area is 98.4 Å². The molecule has 2 N–H and O–H groups in total. The van der Waals surface area contributed by atoms with Crippen LogP contribution in [0.25, 0.3) is 0 Å². The molecule has 0 aromatic heterocycles. The molecule has 0 aromatic carbocycles. The highest BCUT2D eigenvalue weighted by Crippen LogP contribution is 2.05.